The molecule has 0 aliphatic carbocycles. The van der Waals surface area contributed by atoms with Crippen LogP contribution in [-0.4, -0.2) is 16.0 Å². The molecule has 0 spiro atoms. The number of rotatable bonds is 6. The van der Waals surface area contributed by atoms with E-state index in [9.17, 15) is 26.3 Å². The van der Waals surface area contributed by atoms with Crippen LogP contribution in [0.4, 0.5) is 26.3 Å². The summed E-state index contributed by atoms with van der Waals surface area (Å²) in [6, 6.07) is 6.10. The molecule has 178 valence electrons. The van der Waals surface area contributed by atoms with E-state index in [1.54, 1.807) is 36.7 Å². The van der Waals surface area contributed by atoms with Gasteiger partial charge in [0.25, 0.3) is 0 Å². The number of benzene rings is 1. The Balaban J connectivity index is 1.91. The maximum atomic E-state index is 13.4. The predicted molar refractivity (Wildman–Crippen MR) is 113 cm³/mol. The zero-order chi connectivity index (χ0) is 24.2. The third-order valence-electron chi connectivity index (χ3n) is 5.14. The molecule has 0 N–H and O–H groups in total. The number of ether oxygens (including phenoxy) is 1. The highest BCUT2D eigenvalue weighted by molar-refractivity contribution is 5.74. The summed E-state index contributed by atoms with van der Waals surface area (Å²) in [7, 11) is 0. The van der Waals surface area contributed by atoms with Crippen molar-refractivity contribution in [2.75, 3.05) is 0 Å². The quantitative estimate of drug-likeness (QED) is 0.320. The molecule has 9 heteroatoms. The molecule has 0 amide bonds. The lowest BCUT2D eigenvalue weighted by atomic mass is 10.0. The Kier molecular flexibility index (Phi) is 7.39. The summed E-state index contributed by atoms with van der Waals surface area (Å²) >= 11 is 0. The molecule has 3 rings (SSSR count). The largest absolute Gasteiger partial charge is 0.484 e. The van der Waals surface area contributed by atoms with E-state index in [1.807, 2.05) is 0 Å². The first-order valence-corrected chi connectivity index (χ1v) is 10.6. The Labute approximate surface area is 188 Å². The van der Waals surface area contributed by atoms with Crippen molar-refractivity contribution in [2.24, 2.45) is 0 Å². The van der Waals surface area contributed by atoms with Gasteiger partial charge in [-0.1, -0.05) is 25.2 Å². The van der Waals surface area contributed by atoms with Crippen LogP contribution in [0.5, 0.6) is 5.75 Å². The molecule has 0 saturated carbocycles. The van der Waals surface area contributed by atoms with E-state index < -0.39 is 29.6 Å². The second-order valence-electron chi connectivity index (χ2n) is 7.61. The van der Waals surface area contributed by atoms with Gasteiger partial charge in [0.05, 0.1) is 22.5 Å². The molecule has 0 fully saturated rings. The van der Waals surface area contributed by atoms with E-state index in [1.165, 1.54) is 12.1 Å². The lowest BCUT2D eigenvalue weighted by Crippen LogP contribution is -2.20. The van der Waals surface area contributed by atoms with Gasteiger partial charge in [-0.3, -0.25) is 4.68 Å². The zero-order valence-electron chi connectivity index (χ0n) is 18.2. The Morgan fingerprint density at radius 2 is 1.85 bits per heavy atom. The number of fused-ring (bicyclic) bond motifs is 1. The Morgan fingerprint density at radius 1 is 1.15 bits per heavy atom. The van der Waals surface area contributed by atoms with Crippen LogP contribution >= 0.6 is 0 Å². The minimum atomic E-state index is -4.49. The number of hydrogen-bond donors (Lipinski definition) is 0. The number of nitrogens with zero attached hydrogens (tertiary/aromatic N) is 2. The fourth-order valence-electron chi connectivity index (χ4n) is 3.62. The molecular formula is C24H24F6N2O. The van der Waals surface area contributed by atoms with Crippen LogP contribution in [0.1, 0.15) is 56.2 Å². The summed E-state index contributed by atoms with van der Waals surface area (Å²) in [5.41, 5.74) is -0.171. The number of alkyl halides is 6. The summed E-state index contributed by atoms with van der Waals surface area (Å²) in [6.45, 7) is 3.91. The first kappa shape index (κ1) is 24.7. The second-order valence-corrected chi connectivity index (χ2v) is 7.61. The number of halogens is 6. The SMILES string of the molecule is C\C=C/C(=C\C(=C\CC)C(F)(F)F)c1cc2n(n1)CCCC2Oc1ccc(C(F)(F)F)cc1. The first-order valence-electron chi connectivity index (χ1n) is 10.6. The molecule has 0 saturated heterocycles. The first-order chi connectivity index (χ1) is 15.5. The van der Waals surface area contributed by atoms with Gasteiger partial charge < -0.3 is 4.74 Å². The van der Waals surface area contributed by atoms with Crippen molar-refractivity contribution in [1.29, 1.82) is 0 Å². The maximum absolute atomic E-state index is 13.4. The lowest BCUT2D eigenvalue weighted by molar-refractivity contribution is -0.137. The number of aryl methyl sites for hydroxylation is 1. The van der Waals surface area contributed by atoms with Crippen molar-refractivity contribution >= 4 is 5.57 Å². The topological polar surface area (TPSA) is 27.1 Å². The van der Waals surface area contributed by atoms with E-state index >= 15 is 0 Å². The number of allylic oxidation sites excluding steroid dienone is 6. The van der Waals surface area contributed by atoms with Crippen LogP contribution in [0.25, 0.3) is 5.57 Å². The smallest absolute Gasteiger partial charge is 0.416 e. The predicted octanol–water partition coefficient (Wildman–Crippen LogP) is 7.67. The molecule has 1 aromatic heterocycles. The van der Waals surface area contributed by atoms with Crippen molar-refractivity contribution in [3.8, 4) is 5.75 Å². The van der Waals surface area contributed by atoms with E-state index in [4.69, 9.17) is 4.74 Å². The molecule has 2 aromatic rings. The standard InChI is InChI=1S/C24H24F6N2O/c1-3-6-16(14-18(7-4-2)24(28,29)30)20-15-21-22(8-5-13-32(21)31-20)33-19-11-9-17(10-12-19)23(25,26)27/h3,6-7,9-12,14-15,22H,4-5,8,13H2,1-2H3/b6-3-,16-14+,18-7-. The van der Waals surface area contributed by atoms with Crippen molar-refractivity contribution < 1.29 is 31.1 Å². The molecule has 1 aromatic carbocycles. The lowest BCUT2D eigenvalue weighted by Gasteiger charge is -2.24. The Morgan fingerprint density at radius 3 is 2.42 bits per heavy atom. The minimum Gasteiger partial charge on any atom is -0.484 e. The van der Waals surface area contributed by atoms with Gasteiger partial charge in [0.2, 0.25) is 0 Å². The third-order valence-corrected chi connectivity index (χ3v) is 5.14. The van der Waals surface area contributed by atoms with Crippen LogP contribution < -0.4 is 4.74 Å². The molecule has 2 heterocycles. The molecule has 0 radical (unpaired) electrons. The molecule has 3 nitrogen and oxygen atoms in total. The number of hydrogen-bond acceptors (Lipinski definition) is 2. The minimum absolute atomic E-state index is 0.233. The maximum Gasteiger partial charge on any atom is 0.416 e. The van der Waals surface area contributed by atoms with Crippen molar-refractivity contribution in [1.82, 2.24) is 9.78 Å². The van der Waals surface area contributed by atoms with Gasteiger partial charge in [0.1, 0.15) is 11.9 Å². The van der Waals surface area contributed by atoms with Crippen LogP contribution in [0.3, 0.4) is 0 Å². The summed E-state index contributed by atoms with van der Waals surface area (Å²) in [4.78, 5) is 0. The zero-order valence-corrected chi connectivity index (χ0v) is 18.2. The van der Waals surface area contributed by atoms with Crippen LogP contribution in [0, 0.1) is 0 Å². The highest BCUT2D eigenvalue weighted by Gasteiger charge is 2.33. The molecule has 33 heavy (non-hydrogen) atoms. The van der Waals surface area contributed by atoms with E-state index in [0.717, 1.165) is 24.3 Å². The number of aromatic nitrogens is 2. The molecule has 1 aliphatic rings. The molecule has 1 unspecified atom stereocenters. The van der Waals surface area contributed by atoms with Gasteiger partial charge in [-0.15, -0.1) is 0 Å². The molecule has 1 atom stereocenters. The highest BCUT2D eigenvalue weighted by atomic mass is 19.4. The Hall–Kier alpha value is -2.97. The average Bonchev–Trinajstić information content (AvgIpc) is 3.17. The molecule has 1 aliphatic heterocycles. The van der Waals surface area contributed by atoms with Crippen LogP contribution in [0.15, 0.2) is 60.2 Å². The summed E-state index contributed by atoms with van der Waals surface area (Å²) in [6.07, 6.45) is -2.45. The van der Waals surface area contributed by atoms with Gasteiger partial charge in [-0.05, 0) is 62.6 Å². The third kappa shape index (κ3) is 6.09. The van der Waals surface area contributed by atoms with Gasteiger partial charge >= 0.3 is 12.4 Å². The van der Waals surface area contributed by atoms with Gasteiger partial charge in [0.15, 0.2) is 0 Å². The van der Waals surface area contributed by atoms with Crippen LogP contribution in [0.2, 0.25) is 0 Å². The van der Waals surface area contributed by atoms with Gasteiger partial charge in [0, 0.05) is 12.1 Å². The highest BCUT2D eigenvalue weighted by Crippen LogP contribution is 2.35. The second kappa shape index (κ2) is 9.89. The summed E-state index contributed by atoms with van der Waals surface area (Å²) < 4.78 is 86.2. The van der Waals surface area contributed by atoms with E-state index in [-0.39, 0.29) is 12.2 Å². The molecule has 0 bridgehead atoms. The van der Waals surface area contributed by atoms with Gasteiger partial charge in [-0.25, -0.2) is 0 Å². The monoisotopic (exact) mass is 470 g/mol. The van der Waals surface area contributed by atoms with Crippen molar-refractivity contribution in [2.45, 2.75) is 58.1 Å². The summed E-state index contributed by atoms with van der Waals surface area (Å²) in [5.74, 6) is 0.277. The van der Waals surface area contributed by atoms with Crippen molar-refractivity contribution in [3.63, 3.8) is 0 Å². The fraction of sp³-hybridized carbons (Fsp3) is 0.375. The van der Waals surface area contributed by atoms with E-state index in [0.29, 0.717) is 36.3 Å². The van der Waals surface area contributed by atoms with Crippen molar-refractivity contribution in [3.05, 3.63) is 77.2 Å². The van der Waals surface area contributed by atoms with Crippen LogP contribution in [-0.2, 0) is 12.7 Å². The average molecular weight is 470 g/mol. The summed E-state index contributed by atoms with van der Waals surface area (Å²) in [5, 5.41) is 4.48. The Bertz CT molecular complexity index is 1040. The molecular weight excluding hydrogens is 446 g/mol. The fourth-order valence-corrected chi connectivity index (χ4v) is 3.62. The normalized spacial score (nSPS) is 18.0. The van der Waals surface area contributed by atoms with E-state index in [2.05, 4.69) is 5.10 Å². The van der Waals surface area contributed by atoms with Gasteiger partial charge in [-0.2, -0.15) is 31.4 Å².